The fourth-order valence-electron chi connectivity index (χ4n) is 2.59. The molecule has 0 saturated carbocycles. The minimum Gasteiger partial charge on any atom is -0.147 e. The number of halogens is 2. The van der Waals surface area contributed by atoms with Crippen molar-refractivity contribution < 1.29 is 24.1 Å². The van der Waals surface area contributed by atoms with Gasteiger partial charge in [-0.3, -0.25) is 0 Å². The average molecular weight is 415 g/mol. The van der Waals surface area contributed by atoms with Crippen molar-refractivity contribution in [2.24, 2.45) is 4.99 Å². The maximum atomic E-state index is 5.68. The third kappa shape index (κ3) is 6.15. The first-order chi connectivity index (χ1) is 10.8. The molecule has 2 rings (SSSR count). The molecule has 25 heavy (non-hydrogen) atoms. The van der Waals surface area contributed by atoms with Crippen LogP contribution in [-0.2, 0) is 26.2 Å². The molecule has 2 nitrogen and oxygen atoms in total. The molecule has 2 aromatic carbocycles. The van der Waals surface area contributed by atoms with Gasteiger partial charge in [0.15, 0.2) is 0 Å². The van der Waals surface area contributed by atoms with Gasteiger partial charge in [0.05, 0.1) is 0 Å². The second-order valence-electron chi connectivity index (χ2n) is 7.05. The summed E-state index contributed by atoms with van der Waals surface area (Å²) in [5.41, 5.74) is 4.52. The van der Waals surface area contributed by atoms with E-state index in [2.05, 4.69) is 71.0 Å². The third-order valence-electron chi connectivity index (χ3n) is 3.86. The van der Waals surface area contributed by atoms with E-state index in [0.29, 0.717) is 5.92 Å². The summed E-state index contributed by atoms with van der Waals surface area (Å²) in [7, 11) is 0. The Hall–Kier alpha value is -0.796. The molecule has 0 aliphatic rings. The summed E-state index contributed by atoms with van der Waals surface area (Å²) in [5, 5.41) is 0. The molecule has 0 N–H and O–H groups in total. The Balaban J connectivity index is 0.00000288. The van der Waals surface area contributed by atoms with Gasteiger partial charge in [0.25, 0.3) is 0 Å². The number of hydrogen-bond donors (Lipinski definition) is 0. The summed E-state index contributed by atoms with van der Waals surface area (Å²) < 4.78 is 5.68. The van der Waals surface area contributed by atoms with E-state index in [9.17, 15) is 0 Å². The Bertz CT molecular complexity index is 709. The Morgan fingerprint density at radius 1 is 1.00 bits per heavy atom. The summed E-state index contributed by atoms with van der Waals surface area (Å²) in [6, 6.07) is 14.5. The van der Waals surface area contributed by atoms with E-state index in [1.807, 2.05) is 12.3 Å². The third-order valence-corrected chi connectivity index (χ3v) is 4.18. The Morgan fingerprint density at radius 2 is 1.64 bits per heavy atom. The summed E-state index contributed by atoms with van der Waals surface area (Å²) >= 11 is 1.73. The predicted octanol–water partition coefficient (Wildman–Crippen LogP) is 6.54. The molecule has 0 bridgehead atoms. The minimum atomic E-state index is 0. The van der Waals surface area contributed by atoms with E-state index < -0.39 is 0 Å². The fourth-order valence-corrected chi connectivity index (χ4v) is 2.95. The average Bonchev–Trinajstić information content (AvgIpc) is 2.51. The van der Waals surface area contributed by atoms with Crippen molar-refractivity contribution in [1.82, 2.24) is 0 Å². The molecule has 0 fully saturated rings. The van der Waals surface area contributed by atoms with Crippen LogP contribution in [0.3, 0.4) is 0 Å². The number of hydrogen-bond acceptors (Lipinski definition) is 2. The molecule has 0 aliphatic heterocycles. The van der Waals surface area contributed by atoms with Crippen LogP contribution in [0.15, 0.2) is 47.5 Å². The smallest absolute Gasteiger partial charge is 0.147 e. The van der Waals surface area contributed by atoms with Crippen LogP contribution >= 0.6 is 24.8 Å². The van der Waals surface area contributed by atoms with Gasteiger partial charge in [-0.05, 0) is 0 Å². The fraction of sp³-hybridized carbons (Fsp3) is 0.350. The minimum absolute atomic E-state index is 0. The van der Waals surface area contributed by atoms with Crippen LogP contribution in [0.4, 0.5) is 5.69 Å². The molecular weight excluding hydrogens is 389 g/mol. The summed E-state index contributed by atoms with van der Waals surface area (Å²) in [5.74, 6) is 1.36. The molecule has 0 atom stereocenters. The zero-order valence-electron chi connectivity index (χ0n) is 15.4. The van der Waals surface area contributed by atoms with Crippen LogP contribution in [0.5, 0.6) is 5.75 Å². The molecule has 0 unspecified atom stereocenters. The molecule has 0 aliphatic carbocycles. The first-order valence-electron chi connectivity index (χ1n) is 7.94. The van der Waals surface area contributed by atoms with Gasteiger partial charge in [-0.25, -0.2) is 0 Å². The second-order valence-corrected chi connectivity index (χ2v) is 7.37. The van der Waals surface area contributed by atoms with Crippen LogP contribution in [0.25, 0.3) is 0 Å². The van der Waals surface area contributed by atoms with Crippen molar-refractivity contribution in [3.8, 4) is 5.75 Å². The van der Waals surface area contributed by atoms with Gasteiger partial charge in [-0.1, -0.05) is 0 Å². The zero-order valence-corrected chi connectivity index (χ0v) is 18.6. The van der Waals surface area contributed by atoms with Crippen LogP contribution in [0.2, 0.25) is 0 Å². The van der Waals surface area contributed by atoms with Crippen LogP contribution in [0, 0.1) is 0 Å². The van der Waals surface area contributed by atoms with Crippen LogP contribution < -0.4 is 3.32 Å². The molecule has 0 heterocycles. The molecule has 0 saturated heterocycles. The van der Waals surface area contributed by atoms with Crippen molar-refractivity contribution in [3.05, 3.63) is 59.2 Å². The van der Waals surface area contributed by atoms with E-state index in [1.54, 1.807) is 20.8 Å². The largest absolute Gasteiger partial charge is 0.147 e. The number of nitrogens with zero attached hydrogens (tertiary/aromatic N) is 1. The Kier molecular flexibility index (Phi) is 10.0. The molecule has 0 spiro atoms. The zero-order chi connectivity index (χ0) is 17.0. The van der Waals surface area contributed by atoms with Gasteiger partial charge in [0, 0.05) is 0 Å². The van der Waals surface area contributed by atoms with Crippen molar-refractivity contribution in [3.63, 3.8) is 0 Å². The number of aliphatic imine (C=N–C) groups is 1. The standard InChI is InChI=1S/C20H25NO.2ClH.Ti/c1-14(2)16-10-6-7-12-18(16)21-13-15-9-8-11-17(19(15)22)20(3,4)5;;;/h6-14,22H,1-5H3;2*1H;/q;;;+1/p-1. The van der Waals surface area contributed by atoms with Crippen molar-refractivity contribution in [2.45, 2.75) is 46.0 Å². The maximum Gasteiger partial charge on any atom is -0.147 e. The normalized spacial score (nSPS) is 11.1. The van der Waals surface area contributed by atoms with E-state index in [1.165, 1.54) is 11.1 Å². The van der Waals surface area contributed by atoms with Gasteiger partial charge in [-0.2, -0.15) is 0 Å². The number of para-hydroxylation sites is 2. The topological polar surface area (TPSA) is 21.6 Å². The van der Waals surface area contributed by atoms with E-state index >= 15 is 0 Å². The van der Waals surface area contributed by atoms with Gasteiger partial charge in [0.2, 0.25) is 0 Å². The van der Waals surface area contributed by atoms with Crippen molar-refractivity contribution >= 4 is 36.7 Å². The van der Waals surface area contributed by atoms with Crippen molar-refractivity contribution in [1.29, 1.82) is 0 Å². The molecular formula is C20H26Cl2NOTi. The number of benzene rings is 2. The van der Waals surface area contributed by atoms with Gasteiger partial charge in [-0.15, -0.1) is 24.8 Å². The Labute approximate surface area is 176 Å². The van der Waals surface area contributed by atoms with Gasteiger partial charge < -0.3 is 0 Å². The summed E-state index contributed by atoms with van der Waals surface area (Å²) in [4.78, 5) is 4.72. The van der Waals surface area contributed by atoms with Crippen LogP contribution in [-0.4, -0.2) is 6.21 Å². The van der Waals surface area contributed by atoms with Gasteiger partial charge in [0.1, 0.15) is 0 Å². The first kappa shape index (κ1) is 24.2. The second kappa shape index (κ2) is 10.4. The molecule has 0 aromatic heterocycles. The van der Waals surface area contributed by atoms with E-state index in [0.717, 1.165) is 17.0 Å². The molecule has 5 heteroatoms. The van der Waals surface area contributed by atoms with Crippen LogP contribution in [0.1, 0.15) is 57.2 Å². The Morgan fingerprint density at radius 3 is 2.20 bits per heavy atom. The van der Waals surface area contributed by atoms with E-state index in [-0.39, 0.29) is 30.2 Å². The molecule has 0 radical (unpaired) electrons. The molecule has 135 valence electrons. The SMILES string of the molecule is CC(C)c1ccccc1N=Cc1cccc(C(C)(C)C)c1[O][Ti].Cl.Cl. The summed E-state index contributed by atoms with van der Waals surface area (Å²) in [6.07, 6.45) is 1.91. The molecule has 0 amide bonds. The quantitative estimate of drug-likeness (QED) is 0.410. The predicted molar refractivity (Wildman–Crippen MR) is 108 cm³/mol. The van der Waals surface area contributed by atoms with Gasteiger partial charge >= 0.3 is 152 Å². The number of rotatable bonds is 4. The monoisotopic (exact) mass is 414 g/mol. The maximum absolute atomic E-state index is 5.68. The summed E-state index contributed by atoms with van der Waals surface area (Å²) in [6.45, 7) is 11.0. The molecule has 2 aromatic rings. The van der Waals surface area contributed by atoms with Crippen molar-refractivity contribution in [2.75, 3.05) is 0 Å². The van der Waals surface area contributed by atoms with E-state index in [4.69, 9.17) is 8.31 Å². The first-order valence-corrected chi connectivity index (χ1v) is 8.58.